The zero-order valence-electron chi connectivity index (χ0n) is 15.1. The normalized spacial score (nSPS) is 12.0. The maximum atomic E-state index is 13.0. The van der Waals surface area contributed by atoms with E-state index in [2.05, 4.69) is 31.0 Å². The van der Waals surface area contributed by atoms with Crippen LogP contribution in [-0.4, -0.2) is 15.6 Å². The Morgan fingerprint density at radius 3 is 2.65 bits per heavy atom. The highest BCUT2D eigenvalue weighted by molar-refractivity contribution is 5.71. The maximum Gasteiger partial charge on any atom is 0.419 e. The second kappa shape index (κ2) is 7.52. The Hall–Kier alpha value is -2.95. The van der Waals surface area contributed by atoms with Crippen LogP contribution in [0.5, 0.6) is 0 Å². The molecule has 0 N–H and O–H groups in total. The Morgan fingerprint density at radius 2 is 1.92 bits per heavy atom. The molecule has 0 unspecified atom stereocenters. The summed E-state index contributed by atoms with van der Waals surface area (Å²) in [6, 6.07) is 12.0. The number of hydrogen-bond acceptors (Lipinski definition) is 3. The average Bonchev–Trinajstić information content (AvgIpc) is 3.12. The molecule has 4 nitrogen and oxygen atoms in total. The number of rotatable bonds is 4. The molecule has 0 spiro atoms. The van der Waals surface area contributed by atoms with Crippen molar-refractivity contribution in [1.82, 2.24) is 9.55 Å². The number of aryl methyl sites for hydroxylation is 1. The fourth-order valence-electron chi connectivity index (χ4n) is 2.97. The molecule has 0 radical (unpaired) electrons. The van der Waals surface area contributed by atoms with Gasteiger partial charge in [0.1, 0.15) is 18.2 Å². The van der Waals surface area contributed by atoms with Crippen LogP contribution in [0.3, 0.4) is 0 Å². The summed E-state index contributed by atoms with van der Waals surface area (Å²) < 4.78 is 19.7. The Kier molecular flexibility index (Phi) is 5.16. The third kappa shape index (κ3) is 3.67. The van der Waals surface area contributed by atoms with Crippen molar-refractivity contribution < 1.29 is 13.9 Å². The molecular formula is C21H21FN2O2. The smallest absolute Gasteiger partial charge is 0.419 e. The molecule has 0 aliphatic carbocycles. The Balaban J connectivity index is 1.78. The van der Waals surface area contributed by atoms with Gasteiger partial charge in [-0.1, -0.05) is 37.3 Å². The molecule has 0 aliphatic heterocycles. The molecule has 3 aromatic rings. The molecule has 1 aromatic heterocycles. The van der Waals surface area contributed by atoms with Gasteiger partial charge in [-0.05, 0) is 48.2 Å². The van der Waals surface area contributed by atoms with Gasteiger partial charge in [-0.3, -0.25) is 0 Å². The van der Waals surface area contributed by atoms with Crippen molar-refractivity contribution in [3.8, 4) is 0 Å². The van der Waals surface area contributed by atoms with Gasteiger partial charge in [0.25, 0.3) is 0 Å². The fourth-order valence-corrected chi connectivity index (χ4v) is 2.97. The van der Waals surface area contributed by atoms with E-state index in [0.29, 0.717) is 5.82 Å². The van der Waals surface area contributed by atoms with Crippen LogP contribution >= 0.6 is 0 Å². The summed E-state index contributed by atoms with van der Waals surface area (Å²) in [4.78, 5) is 16.8. The zero-order valence-corrected chi connectivity index (χ0v) is 15.1. The first-order chi connectivity index (χ1) is 12.5. The number of carbonyl (C=O) groups excluding carboxylic acids is 1. The maximum absolute atomic E-state index is 13.0. The summed E-state index contributed by atoms with van der Waals surface area (Å²) in [7, 11) is 0. The monoisotopic (exact) mass is 352 g/mol. The summed E-state index contributed by atoms with van der Waals surface area (Å²) >= 11 is 0. The summed E-state index contributed by atoms with van der Waals surface area (Å²) in [6.07, 6.45) is 2.69. The molecule has 134 valence electrons. The first-order valence-corrected chi connectivity index (χ1v) is 8.48. The van der Waals surface area contributed by atoms with Crippen LogP contribution in [-0.2, 0) is 11.3 Å². The minimum Gasteiger partial charge on any atom is -0.444 e. The fraction of sp³-hybridized carbons (Fsp3) is 0.238. The quantitative estimate of drug-likeness (QED) is 0.665. The third-order valence-corrected chi connectivity index (χ3v) is 4.64. The van der Waals surface area contributed by atoms with Crippen LogP contribution in [0.4, 0.5) is 9.18 Å². The van der Waals surface area contributed by atoms with Crippen LogP contribution in [0, 0.1) is 19.7 Å². The topological polar surface area (TPSA) is 44.1 Å². The van der Waals surface area contributed by atoms with Crippen LogP contribution in [0.15, 0.2) is 54.9 Å². The van der Waals surface area contributed by atoms with Crippen LogP contribution in [0.25, 0.3) is 0 Å². The standard InChI is InChI=1S/C21H21FN2O2/c1-14-5-4-6-19(15(14)2)16(3)20-23-11-12-24(20)21(25)26-13-17-7-9-18(22)10-8-17/h4-12,16H,13H2,1-3H3/t16-/m0/s1. The molecule has 0 amide bonds. The van der Waals surface area contributed by atoms with E-state index in [4.69, 9.17) is 4.74 Å². The number of hydrogen-bond donors (Lipinski definition) is 0. The van der Waals surface area contributed by atoms with E-state index in [1.54, 1.807) is 24.5 Å². The number of imidazole rings is 1. The lowest BCUT2D eigenvalue weighted by Gasteiger charge is -2.17. The van der Waals surface area contributed by atoms with Gasteiger partial charge in [0.2, 0.25) is 0 Å². The van der Waals surface area contributed by atoms with E-state index in [-0.39, 0.29) is 18.3 Å². The number of carbonyl (C=O) groups is 1. The summed E-state index contributed by atoms with van der Waals surface area (Å²) in [5.74, 6) is 0.255. The highest BCUT2D eigenvalue weighted by atomic mass is 19.1. The minimum atomic E-state index is -0.501. The lowest BCUT2D eigenvalue weighted by atomic mass is 9.93. The largest absolute Gasteiger partial charge is 0.444 e. The molecule has 5 heteroatoms. The van der Waals surface area contributed by atoms with Gasteiger partial charge < -0.3 is 4.74 Å². The van der Waals surface area contributed by atoms with Crippen molar-refractivity contribution in [2.45, 2.75) is 33.3 Å². The Bertz CT molecular complexity index is 916. The van der Waals surface area contributed by atoms with Gasteiger partial charge in [0.15, 0.2) is 0 Å². The number of ether oxygens (including phenoxy) is 1. The molecule has 0 bridgehead atoms. The van der Waals surface area contributed by atoms with E-state index in [1.807, 2.05) is 13.0 Å². The molecule has 0 saturated heterocycles. The molecule has 0 saturated carbocycles. The van der Waals surface area contributed by atoms with Crippen molar-refractivity contribution in [2.75, 3.05) is 0 Å². The van der Waals surface area contributed by atoms with E-state index in [9.17, 15) is 9.18 Å². The number of halogens is 1. The lowest BCUT2D eigenvalue weighted by molar-refractivity contribution is 0.140. The average molecular weight is 352 g/mol. The number of aromatic nitrogens is 2. The molecule has 0 fully saturated rings. The Labute approximate surface area is 152 Å². The van der Waals surface area contributed by atoms with Crippen molar-refractivity contribution in [2.24, 2.45) is 0 Å². The molecule has 2 aromatic carbocycles. The van der Waals surface area contributed by atoms with Crippen LogP contribution in [0.1, 0.15) is 40.9 Å². The van der Waals surface area contributed by atoms with Gasteiger partial charge in [-0.2, -0.15) is 0 Å². The summed E-state index contributed by atoms with van der Waals surface area (Å²) in [5.41, 5.74) is 4.24. The Morgan fingerprint density at radius 1 is 1.19 bits per heavy atom. The van der Waals surface area contributed by atoms with Gasteiger partial charge in [-0.15, -0.1) is 0 Å². The van der Waals surface area contributed by atoms with Gasteiger partial charge in [0, 0.05) is 18.3 Å². The van der Waals surface area contributed by atoms with Crippen molar-refractivity contribution >= 4 is 6.09 Å². The first kappa shape index (κ1) is 17.9. The van der Waals surface area contributed by atoms with Gasteiger partial charge in [-0.25, -0.2) is 18.7 Å². The summed E-state index contributed by atoms with van der Waals surface area (Å²) in [5, 5.41) is 0. The SMILES string of the molecule is Cc1cccc([C@H](C)c2nccn2C(=O)OCc2ccc(F)cc2)c1C. The zero-order chi connectivity index (χ0) is 18.7. The molecule has 0 aliphatic rings. The predicted molar refractivity (Wildman–Crippen MR) is 97.6 cm³/mol. The first-order valence-electron chi connectivity index (χ1n) is 8.48. The van der Waals surface area contributed by atoms with Crippen LogP contribution in [0.2, 0.25) is 0 Å². The molecular weight excluding hydrogens is 331 g/mol. The second-order valence-corrected chi connectivity index (χ2v) is 6.35. The highest BCUT2D eigenvalue weighted by Crippen LogP contribution is 2.27. The molecule has 26 heavy (non-hydrogen) atoms. The predicted octanol–water partition coefficient (Wildman–Crippen LogP) is 4.98. The van der Waals surface area contributed by atoms with Gasteiger partial charge in [0.05, 0.1) is 0 Å². The van der Waals surface area contributed by atoms with Crippen LogP contribution < -0.4 is 0 Å². The van der Waals surface area contributed by atoms with E-state index in [0.717, 1.165) is 11.1 Å². The van der Waals surface area contributed by atoms with Crippen molar-refractivity contribution in [3.05, 3.63) is 88.8 Å². The lowest BCUT2D eigenvalue weighted by Crippen LogP contribution is -2.18. The third-order valence-electron chi connectivity index (χ3n) is 4.64. The summed E-state index contributed by atoms with van der Waals surface area (Å²) in [6.45, 7) is 6.23. The van der Waals surface area contributed by atoms with E-state index >= 15 is 0 Å². The minimum absolute atomic E-state index is 0.0525. The highest BCUT2D eigenvalue weighted by Gasteiger charge is 2.20. The molecule has 1 heterocycles. The molecule has 3 rings (SSSR count). The van der Waals surface area contributed by atoms with E-state index in [1.165, 1.54) is 27.8 Å². The van der Waals surface area contributed by atoms with Crippen molar-refractivity contribution in [3.63, 3.8) is 0 Å². The van der Waals surface area contributed by atoms with Crippen molar-refractivity contribution in [1.29, 1.82) is 0 Å². The molecule has 1 atom stereocenters. The van der Waals surface area contributed by atoms with Gasteiger partial charge >= 0.3 is 6.09 Å². The number of benzene rings is 2. The van der Waals surface area contributed by atoms with E-state index < -0.39 is 6.09 Å². The second-order valence-electron chi connectivity index (χ2n) is 6.35. The number of nitrogens with zero attached hydrogens (tertiary/aromatic N) is 2.